The lowest BCUT2D eigenvalue weighted by atomic mass is 10.0. The average Bonchev–Trinajstić information content (AvgIpc) is 3.42. The molecule has 1 aliphatic heterocycles. The number of nitrogens with zero attached hydrogens (tertiary/aromatic N) is 1. The highest BCUT2D eigenvalue weighted by Crippen LogP contribution is 2.43. The zero-order chi connectivity index (χ0) is 20.9. The topological polar surface area (TPSA) is 49.4 Å². The molecule has 1 aliphatic carbocycles. The van der Waals surface area contributed by atoms with Gasteiger partial charge in [0.2, 0.25) is 11.8 Å². The first-order valence-electron chi connectivity index (χ1n) is 11.1. The quantitative estimate of drug-likeness (QED) is 0.601. The molecule has 158 valence electrons. The number of hydrogen-bond acceptors (Lipinski definition) is 3. The molecule has 5 heteroatoms. The molecule has 1 N–H and O–H groups in total. The monoisotopic (exact) mass is 422 g/mol. The first-order valence-corrected chi connectivity index (χ1v) is 12.1. The van der Waals surface area contributed by atoms with Gasteiger partial charge in [0, 0.05) is 17.8 Å². The Hall–Kier alpha value is -2.27. The zero-order valence-electron chi connectivity index (χ0n) is 17.6. The van der Waals surface area contributed by atoms with Crippen molar-refractivity contribution in [2.75, 3.05) is 16.0 Å². The Kier molecular flexibility index (Phi) is 6.78. The third-order valence-electron chi connectivity index (χ3n) is 6.23. The van der Waals surface area contributed by atoms with Gasteiger partial charge in [0.05, 0.1) is 5.75 Å². The van der Waals surface area contributed by atoms with E-state index in [2.05, 4.69) is 18.3 Å². The number of para-hydroxylation sites is 1. The summed E-state index contributed by atoms with van der Waals surface area (Å²) in [6.07, 6.45) is 7.67. The minimum absolute atomic E-state index is 0.0303. The summed E-state index contributed by atoms with van der Waals surface area (Å²) in [4.78, 5) is 26.9. The van der Waals surface area contributed by atoms with Gasteiger partial charge in [0.25, 0.3) is 0 Å². The van der Waals surface area contributed by atoms with E-state index in [0.29, 0.717) is 12.2 Å². The lowest BCUT2D eigenvalue weighted by Gasteiger charge is -2.26. The molecule has 1 heterocycles. The fraction of sp³-hybridized carbons (Fsp3) is 0.440. The Balaban J connectivity index is 1.42. The molecule has 0 aromatic heterocycles. The molecular formula is C25H30N2O2S. The molecule has 2 fully saturated rings. The second-order valence-electron chi connectivity index (χ2n) is 8.27. The van der Waals surface area contributed by atoms with Crippen molar-refractivity contribution in [3.05, 3.63) is 59.7 Å². The van der Waals surface area contributed by atoms with Gasteiger partial charge in [-0.1, -0.05) is 62.9 Å². The first kappa shape index (κ1) is 21.0. The van der Waals surface area contributed by atoms with Gasteiger partial charge in [-0.3, -0.25) is 14.5 Å². The van der Waals surface area contributed by atoms with Crippen LogP contribution in [0.5, 0.6) is 0 Å². The van der Waals surface area contributed by atoms with E-state index in [0.717, 1.165) is 35.7 Å². The molecule has 2 amide bonds. The summed E-state index contributed by atoms with van der Waals surface area (Å²) >= 11 is 1.66. The van der Waals surface area contributed by atoms with Gasteiger partial charge in [-0.25, -0.2) is 0 Å². The summed E-state index contributed by atoms with van der Waals surface area (Å²) < 4.78 is 0. The maximum atomic E-state index is 12.7. The number of rotatable bonds is 7. The van der Waals surface area contributed by atoms with E-state index < -0.39 is 0 Å². The van der Waals surface area contributed by atoms with Crippen LogP contribution in [0, 0.1) is 5.92 Å². The van der Waals surface area contributed by atoms with Crippen LogP contribution in [0.2, 0.25) is 0 Å². The van der Waals surface area contributed by atoms with E-state index in [-0.39, 0.29) is 17.2 Å². The molecule has 2 aliphatic rings. The van der Waals surface area contributed by atoms with Crippen molar-refractivity contribution >= 4 is 35.0 Å². The maximum absolute atomic E-state index is 12.7. The molecule has 0 radical (unpaired) electrons. The summed E-state index contributed by atoms with van der Waals surface area (Å²) in [6, 6.07) is 16.1. The second-order valence-corrected chi connectivity index (χ2v) is 9.34. The van der Waals surface area contributed by atoms with Gasteiger partial charge >= 0.3 is 0 Å². The molecule has 4 rings (SSSR count). The predicted molar refractivity (Wildman–Crippen MR) is 125 cm³/mol. The summed E-state index contributed by atoms with van der Waals surface area (Å²) in [5.41, 5.74) is 4.10. The molecule has 1 saturated carbocycles. The van der Waals surface area contributed by atoms with Crippen LogP contribution in [0.4, 0.5) is 11.4 Å². The number of hydrogen-bond donors (Lipinski definition) is 1. The molecule has 4 nitrogen and oxygen atoms in total. The van der Waals surface area contributed by atoms with Gasteiger partial charge in [-0.15, -0.1) is 11.8 Å². The van der Waals surface area contributed by atoms with Crippen molar-refractivity contribution in [3.63, 3.8) is 0 Å². The summed E-state index contributed by atoms with van der Waals surface area (Å²) in [6.45, 7) is 2.12. The van der Waals surface area contributed by atoms with Gasteiger partial charge in [0.1, 0.15) is 5.37 Å². The van der Waals surface area contributed by atoms with Crippen LogP contribution in [-0.2, 0) is 16.0 Å². The highest BCUT2D eigenvalue weighted by molar-refractivity contribution is 8.00. The Morgan fingerprint density at radius 2 is 1.83 bits per heavy atom. The Labute approximate surface area is 183 Å². The Bertz CT molecular complexity index is 890. The van der Waals surface area contributed by atoms with Crippen molar-refractivity contribution in [2.24, 2.45) is 5.92 Å². The minimum Gasteiger partial charge on any atom is -0.326 e. The lowest BCUT2D eigenvalue weighted by Crippen LogP contribution is -2.28. The predicted octanol–water partition coefficient (Wildman–Crippen LogP) is 5.94. The van der Waals surface area contributed by atoms with Gasteiger partial charge in [-0.05, 0) is 48.1 Å². The normalized spacial score (nSPS) is 19.4. The van der Waals surface area contributed by atoms with Gasteiger partial charge in [-0.2, -0.15) is 0 Å². The highest BCUT2D eigenvalue weighted by Gasteiger charge is 2.34. The number of aryl methyl sites for hydroxylation is 1. The van der Waals surface area contributed by atoms with E-state index in [1.165, 1.54) is 31.2 Å². The van der Waals surface area contributed by atoms with Crippen molar-refractivity contribution in [2.45, 2.75) is 57.2 Å². The number of carbonyl (C=O) groups excluding carboxylic acids is 2. The summed E-state index contributed by atoms with van der Waals surface area (Å²) in [5.74, 6) is 1.46. The van der Waals surface area contributed by atoms with E-state index in [1.807, 2.05) is 47.4 Å². The summed E-state index contributed by atoms with van der Waals surface area (Å²) in [7, 11) is 0. The van der Waals surface area contributed by atoms with Crippen LogP contribution >= 0.6 is 11.8 Å². The third kappa shape index (κ3) is 4.72. The standard InChI is InChI=1S/C25H30N2O2S/c1-2-19-9-5-6-10-22(19)27-24(29)17-30-25(27)20-12-14-21(15-13-20)26-23(28)16-11-18-7-3-4-8-18/h5-6,9-10,12-15,18,25H,2-4,7-8,11,16-17H2,1H3,(H,26,28)/t25-/m1/s1. The van der Waals surface area contributed by atoms with Crippen LogP contribution in [0.25, 0.3) is 0 Å². The highest BCUT2D eigenvalue weighted by atomic mass is 32.2. The van der Waals surface area contributed by atoms with E-state index in [4.69, 9.17) is 0 Å². The number of carbonyl (C=O) groups is 2. The number of nitrogens with one attached hydrogen (secondary N) is 1. The molecule has 0 bridgehead atoms. The molecule has 2 aromatic carbocycles. The zero-order valence-corrected chi connectivity index (χ0v) is 18.4. The van der Waals surface area contributed by atoms with Crippen LogP contribution in [0.1, 0.15) is 61.9 Å². The van der Waals surface area contributed by atoms with Crippen LogP contribution < -0.4 is 10.2 Å². The number of thioether (sulfide) groups is 1. The average molecular weight is 423 g/mol. The molecule has 1 atom stereocenters. The molecule has 0 unspecified atom stereocenters. The fourth-order valence-corrected chi connectivity index (χ4v) is 5.73. The molecule has 2 aromatic rings. The summed E-state index contributed by atoms with van der Waals surface area (Å²) in [5, 5.41) is 3.00. The van der Waals surface area contributed by atoms with E-state index in [1.54, 1.807) is 11.8 Å². The maximum Gasteiger partial charge on any atom is 0.238 e. The van der Waals surface area contributed by atoms with Crippen LogP contribution in [0.3, 0.4) is 0 Å². The lowest BCUT2D eigenvalue weighted by molar-refractivity contribution is -0.117. The van der Waals surface area contributed by atoms with Crippen LogP contribution in [-0.4, -0.2) is 17.6 Å². The van der Waals surface area contributed by atoms with Crippen molar-refractivity contribution in [3.8, 4) is 0 Å². The molecule has 1 saturated heterocycles. The second kappa shape index (κ2) is 9.69. The molecular weight excluding hydrogens is 392 g/mol. The van der Waals surface area contributed by atoms with Crippen molar-refractivity contribution < 1.29 is 9.59 Å². The number of amides is 2. The van der Waals surface area contributed by atoms with Crippen molar-refractivity contribution in [1.29, 1.82) is 0 Å². The minimum atomic E-state index is -0.0303. The van der Waals surface area contributed by atoms with E-state index >= 15 is 0 Å². The fourth-order valence-electron chi connectivity index (χ4n) is 4.56. The molecule has 0 spiro atoms. The largest absolute Gasteiger partial charge is 0.326 e. The van der Waals surface area contributed by atoms with E-state index in [9.17, 15) is 9.59 Å². The van der Waals surface area contributed by atoms with Crippen molar-refractivity contribution in [1.82, 2.24) is 0 Å². The Morgan fingerprint density at radius 1 is 1.10 bits per heavy atom. The van der Waals surface area contributed by atoms with Crippen LogP contribution in [0.15, 0.2) is 48.5 Å². The SMILES string of the molecule is CCc1ccccc1N1C(=O)CS[C@@H]1c1ccc(NC(=O)CCC2CCCC2)cc1. The smallest absolute Gasteiger partial charge is 0.238 e. The Morgan fingerprint density at radius 3 is 2.57 bits per heavy atom. The van der Waals surface area contributed by atoms with Gasteiger partial charge in [0.15, 0.2) is 0 Å². The third-order valence-corrected chi connectivity index (χ3v) is 7.45. The molecule has 30 heavy (non-hydrogen) atoms. The number of benzene rings is 2. The first-order chi connectivity index (χ1) is 14.7. The van der Waals surface area contributed by atoms with Gasteiger partial charge < -0.3 is 5.32 Å². The number of anilines is 2.